The molecule has 0 spiro atoms. The zero-order valence-corrected chi connectivity index (χ0v) is 24.7. The van der Waals surface area contributed by atoms with Crippen molar-refractivity contribution in [1.29, 1.82) is 0 Å². The van der Waals surface area contributed by atoms with Crippen molar-refractivity contribution in [1.82, 2.24) is 14.9 Å². The van der Waals surface area contributed by atoms with E-state index in [2.05, 4.69) is 10.3 Å². The topological polar surface area (TPSA) is 204 Å². The fourth-order valence-electron chi connectivity index (χ4n) is 4.22. The Labute approximate surface area is 250 Å². The number of nitrogens with zero attached hydrogens (tertiary/aromatic N) is 2. The zero-order valence-electron chi connectivity index (χ0n) is 24.7. The Kier molecular flexibility index (Phi) is 15.2. The number of carboxylic acids is 1. The van der Waals surface area contributed by atoms with Crippen molar-refractivity contribution in [3.8, 4) is 5.75 Å². The molecule has 7 N–H and O–H groups in total. The van der Waals surface area contributed by atoms with Crippen LogP contribution in [0.1, 0.15) is 25.2 Å². The predicted octanol–water partition coefficient (Wildman–Crippen LogP) is -0.288. The molecule has 0 saturated carbocycles. The van der Waals surface area contributed by atoms with E-state index in [1.165, 1.54) is 0 Å². The normalized spacial score (nSPS) is 14.7. The molecule has 13 nitrogen and oxygen atoms in total. The summed E-state index contributed by atoms with van der Waals surface area (Å²) in [6.45, 7) is 4.24. The molecule has 2 aromatic carbocycles. The Morgan fingerprint density at radius 2 is 1.65 bits per heavy atom. The van der Waals surface area contributed by atoms with Gasteiger partial charge in [-0.1, -0.05) is 31.2 Å². The van der Waals surface area contributed by atoms with Gasteiger partial charge < -0.3 is 45.4 Å². The van der Waals surface area contributed by atoms with Crippen molar-refractivity contribution < 1.29 is 44.9 Å². The summed E-state index contributed by atoms with van der Waals surface area (Å²) < 4.78 is 12.7. The van der Waals surface area contributed by atoms with Crippen LogP contribution >= 0.6 is 0 Å². The molecule has 0 bridgehead atoms. The minimum atomic E-state index is -1.55. The molecule has 5 atom stereocenters. The molecule has 0 fully saturated rings. The first-order valence-corrected chi connectivity index (χ1v) is 14.1. The van der Waals surface area contributed by atoms with Gasteiger partial charge in [-0.25, -0.2) is 9.78 Å². The number of aliphatic hydroxyl groups excluding tert-OH is 5. The van der Waals surface area contributed by atoms with Crippen molar-refractivity contribution in [2.45, 2.75) is 63.8 Å². The van der Waals surface area contributed by atoms with E-state index in [4.69, 9.17) is 29.9 Å². The highest BCUT2D eigenvalue weighted by Crippen LogP contribution is 2.15. The number of benzene rings is 2. The Morgan fingerprint density at radius 3 is 2.23 bits per heavy atom. The van der Waals surface area contributed by atoms with Crippen LogP contribution in [0.3, 0.4) is 0 Å². The number of hydrogen-bond acceptors (Lipinski definition) is 11. The SMILES string of the molecule is CCOC(Cc1ccc(OCCn2c(CC)nc3ccccc3c2=O)cc1)C(=O)O.CNCC(O)C(O)C(O)C(O)CO. The van der Waals surface area contributed by atoms with Crippen molar-refractivity contribution in [2.24, 2.45) is 0 Å². The second-order valence-corrected chi connectivity index (χ2v) is 9.69. The van der Waals surface area contributed by atoms with Crippen LogP contribution in [0, 0.1) is 0 Å². The van der Waals surface area contributed by atoms with Gasteiger partial charge in [0, 0.05) is 26.0 Å². The number of nitrogens with one attached hydrogen (secondary N) is 1. The predicted molar refractivity (Wildman–Crippen MR) is 159 cm³/mol. The summed E-state index contributed by atoms with van der Waals surface area (Å²) in [7, 11) is 1.57. The van der Waals surface area contributed by atoms with Crippen LogP contribution in [0.5, 0.6) is 5.75 Å². The van der Waals surface area contributed by atoms with Crippen LogP contribution in [-0.4, -0.2) is 110 Å². The summed E-state index contributed by atoms with van der Waals surface area (Å²) in [5, 5.41) is 57.3. The van der Waals surface area contributed by atoms with Gasteiger partial charge in [-0.15, -0.1) is 0 Å². The number of ether oxygens (including phenoxy) is 2. The van der Waals surface area contributed by atoms with E-state index in [0.717, 1.165) is 11.4 Å². The minimum Gasteiger partial charge on any atom is -0.492 e. The number of hydrogen-bond donors (Lipinski definition) is 7. The molecule has 1 aromatic heterocycles. The highest BCUT2D eigenvalue weighted by molar-refractivity contribution is 5.77. The lowest BCUT2D eigenvalue weighted by atomic mass is 10.0. The molecule has 0 aliphatic rings. The van der Waals surface area contributed by atoms with Gasteiger partial charge in [0.25, 0.3) is 5.56 Å². The Hall–Kier alpha value is -3.43. The maximum atomic E-state index is 12.8. The highest BCUT2D eigenvalue weighted by Gasteiger charge is 2.29. The minimum absolute atomic E-state index is 0.0629. The second-order valence-electron chi connectivity index (χ2n) is 9.69. The number of para-hydroxylation sites is 1. The monoisotopic (exact) mass is 605 g/mol. The largest absolute Gasteiger partial charge is 0.492 e. The van der Waals surface area contributed by atoms with Crippen LogP contribution in [0.2, 0.25) is 0 Å². The molecule has 3 aromatic rings. The summed E-state index contributed by atoms with van der Waals surface area (Å²) in [5.41, 5.74) is 1.50. The second kappa shape index (κ2) is 18.3. The first kappa shape index (κ1) is 35.8. The lowest BCUT2D eigenvalue weighted by Crippen LogP contribution is -2.48. The number of likely N-dealkylation sites (N-methyl/N-ethyl adjacent to an activating group) is 1. The van der Waals surface area contributed by atoms with Crippen LogP contribution in [0.25, 0.3) is 10.9 Å². The molecule has 1 heterocycles. The van der Waals surface area contributed by atoms with E-state index in [1.54, 1.807) is 36.7 Å². The smallest absolute Gasteiger partial charge is 0.333 e. The van der Waals surface area contributed by atoms with Crippen molar-refractivity contribution in [2.75, 3.05) is 33.4 Å². The number of carboxylic acid groups (broad SMARTS) is 1. The number of carbonyl (C=O) groups is 1. The standard InChI is InChI=1S/C23H26N2O5.C7H17NO5/c1-3-21-24-19-8-6-5-7-18(19)22(26)25(21)13-14-30-17-11-9-16(10-12-17)15-20(23(27)28)29-4-2;1-8-2-4(10)6(12)7(13)5(11)3-9/h5-12,20H,3-4,13-15H2,1-2H3,(H,27,28);4-13H,2-3H2,1H3. The van der Waals surface area contributed by atoms with Gasteiger partial charge in [0.1, 0.15) is 36.5 Å². The maximum Gasteiger partial charge on any atom is 0.333 e. The molecular formula is C30H43N3O10. The van der Waals surface area contributed by atoms with Crippen molar-refractivity contribution >= 4 is 16.9 Å². The molecule has 0 aliphatic heterocycles. The molecule has 13 heteroatoms. The van der Waals surface area contributed by atoms with E-state index < -0.39 is 43.1 Å². The van der Waals surface area contributed by atoms with E-state index in [-0.39, 0.29) is 12.1 Å². The van der Waals surface area contributed by atoms with Gasteiger partial charge in [0.2, 0.25) is 0 Å². The Balaban J connectivity index is 0.000000420. The van der Waals surface area contributed by atoms with Crippen molar-refractivity contribution in [3.05, 3.63) is 70.3 Å². The molecule has 0 aliphatic carbocycles. The summed E-state index contributed by atoms with van der Waals surface area (Å²) >= 11 is 0. The fourth-order valence-corrected chi connectivity index (χ4v) is 4.22. The molecule has 0 saturated heterocycles. The Bertz CT molecular complexity index is 1320. The molecule has 0 radical (unpaired) electrons. The average Bonchev–Trinajstić information content (AvgIpc) is 3.01. The quantitative estimate of drug-likeness (QED) is 0.113. The van der Waals surface area contributed by atoms with E-state index in [1.807, 2.05) is 37.3 Å². The lowest BCUT2D eigenvalue weighted by molar-refractivity contribution is -0.149. The molecule has 43 heavy (non-hydrogen) atoms. The van der Waals surface area contributed by atoms with Gasteiger partial charge in [0.05, 0.1) is 30.2 Å². The molecule has 238 valence electrons. The van der Waals surface area contributed by atoms with Crippen LogP contribution in [-0.2, 0) is 28.9 Å². The van der Waals surface area contributed by atoms with E-state index >= 15 is 0 Å². The Morgan fingerprint density at radius 1 is 1.00 bits per heavy atom. The van der Waals surface area contributed by atoms with E-state index in [0.29, 0.717) is 49.3 Å². The number of aliphatic carboxylic acids is 1. The first-order valence-electron chi connectivity index (χ1n) is 14.1. The fraction of sp³-hybridized carbons (Fsp3) is 0.500. The molecule has 0 amide bonds. The number of fused-ring (bicyclic) bond motifs is 1. The third-order valence-corrected chi connectivity index (χ3v) is 6.57. The number of aromatic nitrogens is 2. The first-order chi connectivity index (χ1) is 20.6. The molecule has 5 unspecified atom stereocenters. The van der Waals surface area contributed by atoms with Gasteiger partial charge >= 0.3 is 5.97 Å². The molecular weight excluding hydrogens is 562 g/mol. The third kappa shape index (κ3) is 10.7. The van der Waals surface area contributed by atoms with Gasteiger partial charge in [-0.3, -0.25) is 9.36 Å². The van der Waals surface area contributed by atoms with Gasteiger partial charge in [-0.2, -0.15) is 0 Å². The summed E-state index contributed by atoms with van der Waals surface area (Å²) in [4.78, 5) is 28.6. The number of rotatable bonds is 16. The van der Waals surface area contributed by atoms with Crippen molar-refractivity contribution in [3.63, 3.8) is 0 Å². The van der Waals surface area contributed by atoms with Crippen LogP contribution < -0.4 is 15.6 Å². The average molecular weight is 606 g/mol. The van der Waals surface area contributed by atoms with Crippen LogP contribution in [0.4, 0.5) is 0 Å². The molecule has 3 rings (SSSR count). The zero-order chi connectivity index (χ0) is 31.9. The summed E-state index contributed by atoms with van der Waals surface area (Å²) in [6, 6.07) is 14.6. The number of aryl methyl sites for hydroxylation is 1. The number of aliphatic hydroxyl groups is 5. The summed E-state index contributed by atoms with van der Waals surface area (Å²) in [5.74, 6) is 0.411. The van der Waals surface area contributed by atoms with E-state index in [9.17, 15) is 19.8 Å². The highest BCUT2D eigenvalue weighted by atomic mass is 16.5. The van der Waals surface area contributed by atoms with Gasteiger partial charge in [-0.05, 0) is 43.8 Å². The maximum absolute atomic E-state index is 12.8. The third-order valence-electron chi connectivity index (χ3n) is 6.57. The lowest BCUT2D eigenvalue weighted by Gasteiger charge is -2.25. The van der Waals surface area contributed by atoms with Gasteiger partial charge in [0.15, 0.2) is 6.10 Å². The summed E-state index contributed by atoms with van der Waals surface area (Å²) in [6.07, 6.45) is -5.56. The van der Waals surface area contributed by atoms with Crippen LogP contribution in [0.15, 0.2) is 53.3 Å².